The molecule has 0 aliphatic heterocycles. The maximum Gasteiger partial charge on any atom is 0.277 e. The van der Waals surface area contributed by atoms with Crippen molar-refractivity contribution in [1.82, 2.24) is 4.83 Å². The highest BCUT2D eigenvalue weighted by atomic mass is 32.2. The molecule has 0 bridgehead atoms. The predicted octanol–water partition coefficient (Wildman–Crippen LogP) is 4.25. The minimum absolute atomic E-state index is 0.0438. The Balaban J connectivity index is 2.55. The van der Waals surface area contributed by atoms with Crippen LogP contribution in [0.4, 0.5) is 0 Å². The maximum absolute atomic E-state index is 13.4. The molecule has 2 rings (SSSR count). The van der Waals surface area contributed by atoms with Gasteiger partial charge in [0.2, 0.25) is 0 Å². The van der Waals surface area contributed by atoms with E-state index in [1.165, 1.54) is 7.11 Å². The lowest BCUT2D eigenvalue weighted by Crippen LogP contribution is -2.40. The number of hydrazone groups is 1. The summed E-state index contributed by atoms with van der Waals surface area (Å²) in [4.78, 5) is 2.72. The Bertz CT molecular complexity index is 831. The van der Waals surface area contributed by atoms with E-state index in [1.807, 2.05) is 39.8 Å². The van der Waals surface area contributed by atoms with Crippen molar-refractivity contribution in [3.8, 4) is 0 Å². The number of hydrogen-bond acceptors (Lipinski definition) is 5. The molecule has 0 heterocycles. The van der Waals surface area contributed by atoms with Gasteiger partial charge in [-0.25, -0.2) is 4.83 Å². The lowest BCUT2D eigenvalue weighted by atomic mass is 9.89. The predicted molar refractivity (Wildman–Crippen MR) is 117 cm³/mol. The fourth-order valence-corrected chi connectivity index (χ4v) is 5.37. The second-order valence-electron chi connectivity index (χ2n) is 8.96. The molecule has 1 aromatic carbocycles. The van der Waals surface area contributed by atoms with Gasteiger partial charge < -0.3 is 9.84 Å². The summed E-state index contributed by atoms with van der Waals surface area (Å²) in [6.45, 7) is 12.3. The van der Waals surface area contributed by atoms with Crippen LogP contribution >= 0.6 is 0 Å². The van der Waals surface area contributed by atoms with E-state index >= 15 is 0 Å². The number of nitrogens with one attached hydrogen (secondary N) is 1. The van der Waals surface area contributed by atoms with Crippen molar-refractivity contribution in [3.05, 3.63) is 28.8 Å². The zero-order valence-electron chi connectivity index (χ0n) is 18.7. The summed E-state index contributed by atoms with van der Waals surface area (Å²) in [5.41, 5.74) is 1.95. The summed E-state index contributed by atoms with van der Waals surface area (Å²) in [5, 5.41) is 14.9. The Labute approximate surface area is 175 Å². The number of hydrogen-bond donors (Lipinski definition) is 2. The van der Waals surface area contributed by atoms with Gasteiger partial charge in [-0.1, -0.05) is 53.7 Å². The van der Waals surface area contributed by atoms with Gasteiger partial charge in [-0.2, -0.15) is 13.5 Å². The van der Waals surface area contributed by atoms with Gasteiger partial charge in [0.1, 0.15) is 5.60 Å². The third kappa shape index (κ3) is 5.19. The Morgan fingerprint density at radius 1 is 1.10 bits per heavy atom. The van der Waals surface area contributed by atoms with E-state index in [4.69, 9.17) is 4.74 Å². The summed E-state index contributed by atoms with van der Waals surface area (Å²) in [6, 6.07) is 4.00. The molecule has 1 aromatic rings. The van der Waals surface area contributed by atoms with Gasteiger partial charge in [-0.3, -0.25) is 0 Å². The van der Waals surface area contributed by atoms with Crippen molar-refractivity contribution in [2.45, 2.75) is 89.1 Å². The van der Waals surface area contributed by atoms with Crippen LogP contribution in [-0.2, 0) is 14.8 Å². The van der Waals surface area contributed by atoms with Gasteiger partial charge in [0.05, 0.1) is 17.2 Å². The average molecular weight is 425 g/mol. The normalized spacial score (nSPS) is 21.7. The Morgan fingerprint density at radius 2 is 1.66 bits per heavy atom. The Morgan fingerprint density at radius 3 is 2.10 bits per heavy atom. The smallest absolute Gasteiger partial charge is 0.277 e. The second-order valence-corrected chi connectivity index (χ2v) is 10.6. The van der Waals surface area contributed by atoms with Crippen molar-refractivity contribution in [1.29, 1.82) is 0 Å². The number of sulfonamides is 1. The molecule has 0 aromatic heterocycles. The molecule has 164 valence electrons. The van der Waals surface area contributed by atoms with Gasteiger partial charge in [-0.05, 0) is 53.7 Å². The fraction of sp³-hybridized carbons (Fsp3) is 0.682. The van der Waals surface area contributed by atoms with Gasteiger partial charge in [0, 0.05) is 7.11 Å². The fourth-order valence-electron chi connectivity index (χ4n) is 3.84. The van der Waals surface area contributed by atoms with Crippen molar-refractivity contribution in [3.63, 3.8) is 0 Å². The van der Waals surface area contributed by atoms with Crippen LogP contribution in [0.5, 0.6) is 0 Å². The molecular weight excluding hydrogens is 388 g/mol. The first-order valence-corrected chi connectivity index (χ1v) is 11.9. The van der Waals surface area contributed by atoms with Crippen LogP contribution in [0, 0.1) is 0 Å². The highest BCUT2D eigenvalue weighted by molar-refractivity contribution is 7.89. The topological polar surface area (TPSA) is 88.0 Å². The molecule has 1 aliphatic carbocycles. The van der Waals surface area contributed by atoms with E-state index in [0.717, 1.165) is 23.1 Å². The molecule has 1 atom stereocenters. The highest BCUT2D eigenvalue weighted by Gasteiger charge is 2.38. The van der Waals surface area contributed by atoms with Crippen LogP contribution in [-0.4, -0.2) is 38.6 Å². The van der Waals surface area contributed by atoms with Crippen LogP contribution in [0.1, 0.15) is 95.2 Å². The first-order chi connectivity index (χ1) is 13.4. The SMILES string of the molecule is COC[C@@]1(O)CCCC1=NNS(=O)(=O)c1c(C(C)C)cc(C(C)C)cc1C(C)C. The summed E-state index contributed by atoms with van der Waals surface area (Å²) in [7, 11) is -2.38. The molecule has 2 N–H and O–H groups in total. The molecule has 6 nitrogen and oxygen atoms in total. The van der Waals surface area contributed by atoms with E-state index in [-0.39, 0.29) is 18.4 Å². The zero-order valence-corrected chi connectivity index (χ0v) is 19.6. The number of methoxy groups -OCH3 is 1. The van der Waals surface area contributed by atoms with E-state index in [1.54, 1.807) is 0 Å². The summed E-state index contributed by atoms with van der Waals surface area (Å²) in [5.74, 6) is 0.391. The summed E-state index contributed by atoms with van der Waals surface area (Å²) < 4.78 is 31.8. The summed E-state index contributed by atoms with van der Waals surface area (Å²) in [6.07, 6.45) is 1.81. The number of nitrogens with zero attached hydrogens (tertiary/aromatic N) is 1. The molecule has 29 heavy (non-hydrogen) atoms. The first-order valence-electron chi connectivity index (χ1n) is 10.4. The summed E-state index contributed by atoms with van der Waals surface area (Å²) >= 11 is 0. The largest absolute Gasteiger partial charge is 0.381 e. The highest BCUT2D eigenvalue weighted by Crippen LogP contribution is 2.35. The lowest BCUT2D eigenvalue weighted by Gasteiger charge is -2.24. The Kier molecular flexibility index (Phi) is 7.52. The van der Waals surface area contributed by atoms with Crippen LogP contribution in [0.3, 0.4) is 0 Å². The first kappa shape index (κ1) is 23.8. The minimum atomic E-state index is -3.90. The molecule has 0 spiro atoms. The molecule has 1 saturated carbocycles. The lowest BCUT2D eigenvalue weighted by molar-refractivity contribution is 0.0222. The molecule has 1 aliphatic rings. The molecule has 0 saturated heterocycles. The standard InChI is InChI=1S/C22H36N2O4S/c1-14(2)17-11-18(15(3)4)21(19(12-17)16(5)6)29(26,27)24-23-20-9-8-10-22(20,25)13-28-7/h11-12,14-16,24-25H,8-10,13H2,1-7H3/t22-/m0/s1. The third-order valence-corrected chi connectivity index (χ3v) is 6.91. The van der Waals surface area contributed by atoms with Gasteiger partial charge in [0.15, 0.2) is 0 Å². The van der Waals surface area contributed by atoms with E-state index < -0.39 is 15.6 Å². The molecular formula is C22H36N2O4S. The van der Waals surface area contributed by atoms with Crippen molar-refractivity contribution in [2.75, 3.05) is 13.7 Å². The van der Waals surface area contributed by atoms with E-state index in [2.05, 4.69) is 23.8 Å². The Hall–Kier alpha value is -1.44. The van der Waals surface area contributed by atoms with Crippen molar-refractivity contribution < 1.29 is 18.3 Å². The van der Waals surface area contributed by atoms with Gasteiger partial charge in [-0.15, -0.1) is 0 Å². The van der Waals surface area contributed by atoms with E-state index in [0.29, 0.717) is 29.4 Å². The second kappa shape index (κ2) is 9.14. The number of ether oxygens (including phenoxy) is 1. The average Bonchev–Trinajstić information content (AvgIpc) is 2.99. The van der Waals surface area contributed by atoms with Crippen LogP contribution in [0.25, 0.3) is 0 Å². The monoisotopic (exact) mass is 424 g/mol. The molecule has 7 heteroatoms. The third-order valence-electron chi connectivity index (χ3n) is 5.57. The quantitative estimate of drug-likeness (QED) is 0.611. The van der Waals surface area contributed by atoms with Crippen LogP contribution in [0.2, 0.25) is 0 Å². The number of aliphatic hydroxyl groups is 1. The molecule has 0 unspecified atom stereocenters. The van der Waals surface area contributed by atoms with Gasteiger partial charge >= 0.3 is 0 Å². The maximum atomic E-state index is 13.4. The zero-order chi connectivity index (χ0) is 22.0. The van der Waals surface area contributed by atoms with Crippen LogP contribution in [0.15, 0.2) is 22.1 Å². The molecule has 0 radical (unpaired) electrons. The van der Waals surface area contributed by atoms with E-state index in [9.17, 15) is 13.5 Å². The van der Waals surface area contributed by atoms with Crippen LogP contribution < -0.4 is 4.83 Å². The van der Waals surface area contributed by atoms with Crippen molar-refractivity contribution >= 4 is 15.7 Å². The molecule has 0 amide bonds. The van der Waals surface area contributed by atoms with Gasteiger partial charge in [0.25, 0.3) is 10.0 Å². The number of benzene rings is 1. The minimum Gasteiger partial charge on any atom is -0.381 e. The molecule has 1 fully saturated rings. The number of rotatable bonds is 8. The van der Waals surface area contributed by atoms with Crippen molar-refractivity contribution in [2.24, 2.45) is 5.10 Å².